The normalized spacial score (nSPS) is 17.5. The fourth-order valence-corrected chi connectivity index (χ4v) is 3.82. The van der Waals surface area contributed by atoms with Crippen molar-refractivity contribution in [2.75, 3.05) is 43.4 Å². The number of rotatable bonds is 6. The molecule has 0 radical (unpaired) electrons. The van der Waals surface area contributed by atoms with Gasteiger partial charge >= 0.3 is 0 Å². The van der Waals surface area contributed by atoms with Gasteiger partial charge in [0, 0.05) is 37.8 Å². The number of fused-ring (bicyclic) bond motifs is 1. The topological polar surface area (TPSA) is 58.8 Å². The SMILES string of the molecule is CCN(CCN1CCOc2cc(N)ccc21)C(=O)CC1CCCC1. The Morgan fingerprint density at radius 1 is 1.38 bits per heavy atom. The van der Waals surface area contributed by atoms with Gasteiger partial charge in [-0.1, -0.05) is 12.8 Å². The van der Waals surface area contributed by atoms with Crippen molar-refractivity contribution in [2.24, 2.45) is 5.92 Å². The van der Waals surface area contributed by atoms with Crippen molar-refractivity contribution >= 4 is 17.3 Å². The Balaban J connectivity index is 1.57. The molecule has 1 aromatic carbocycles. The first-order chi connectivity index (χ1) is 11.7. The van der Waals surface area contributed by atoms with Crippen LogP contribution < -0.4 is 15.4 Å². The highest BCUT2D eigenvalue weighted by atomic mass is 16.5. The van der Waals surface area contributed by atoms with E-state index in [1.807, 2.05) is 23.1 Å². The smallest absolute Gasteiger partial charge is 0.222 e. The first kappa shape index (κ1) is 16.9. The third kappa shape index (κ3) is 3.94. The summed E-state index contributed by atoms with van der Waals surface area (Å²) in [6.07, 6.45) is 5.75. The molecule has 5 nitrogen and oxygen atoms in total. The summed E-state index contributed by atoms with van der Waals surface area (Å²) < 4.78 is 5.70. The Bertz CT molecular complexity index is 570. The summed E-state index contributed by atoms with van der Waals surface area (Å²) in [5.41, 5.74) is 7.64. The van der Waals surface area contributed by atoms with Crippen LogP contribution in [0.3, 0.4) is 0 Å². The van der Waals surface area contributed by atoms with Crippen molar-refractivity contribution in [1.29, 1.82) is 0 Å². The first-order valence-electron chi connectivity index (χ1n) is 9.22. The molecular weight excluding hydrogens is 302 g/mol. The van der Waals surface area contributed by atoms with Gasteiger partial charge in [0.05, 0.1) is 12.2 Å². The highest BCUT2D eigenvalue weighted by Crippen LogP contribution is 2.33. The van der Waals surface area contributed by atoms with E-state index in [1.165, 1.54) is 25.7 Å². The lowest BCUT2D eigenvalue weighted by molar-refractivity contribution is -0.131. The minimum absolute atomic E-state index is 0.315. The van der Waals surface area contributed by atoms with Crippen LogP contribution in [-0.4, -0.2) is 43.6 Å². The minimum atomic E-state index is 0.315. The Labute approximate surface area is 144 Å². The van der Waals surface area contributed by atoms with Crippen LogP contribution in [0.15, 0.2) is 18.2 Å². The Hall–Kier alpha value is -1.91. The molecule has 0 spiro atoms. The van der Waals surface area contributed by atoms with Gasteiger partial charge in [0.15, 0.2) is 0 Å². The molecule has 24 heavy (non-hydrogen) atoms. The fourth-order valence-electron chi connectivity index (χ4n) is 3.82. The van der Waals surface area contributed by atoms with Crippen molar-refractivity contribution < 1.29 is 9.53 Å². The van der Waals surface area contributed by atoms with Gasteiger partial charge in [0.2, 0.25) is 5.91 Å². The second-order valence-corrected chi connectivity index (χ2v) is 6.89. The monoisotopic (exact) mass is 331 g/mol. The number of nitrogens with zero attached hydrogens (tertiary/aromatic N) is 2. The molecule has 0 bridgehead atoms. The molecule has 1 aliphatic carbocycles. The summed E-state index contributed by atoms with van der Waals surface area (Å²) in [5.74, 6) is 1.77. The van der Waals surface area contributed by atoms with Gasteiger partial charge in [-0.3, -0.25) is 4.79 Å². The Kier molecular flexibility index (Phi) is 5.48. The van der Waals surface area contributed by atoms with Crippen LogP contribution in [0.4, 0.5) is 11.4 Å². The summed E-state index contributed by atoms with van der Waals surface area (Å²) in [5, 5.41) is 0. The molecule has 0 atom stereocenters. The van der Waals surface area contributed by atoms with Gasteiger partial charge in [-0.2, -0.15) is 0 Å². The van der Waals surface area contributed by atoms with E-state index < -0.39 is 0 Å². The number of likely N-dealkylation sites (N-methyl/N-ethyl adjacent to an activating group) is 1. The number of nitrogens with two attached hydrogens (primary N) is 1. The minimum Gasteiger partial charge on any atom is -0.489 e. The molecule has 0 aromatic heterocycles. The molecule has 0 saturated heterocycles. The van der Waals surface area contributed by atoms with Crippen LogP contribution in [0.1, 0.15) is 39.0 Å². The number of carbonyl (C=O) groups excluding carboxylic acids is 1. The second-order valence-electron chi connectivity index (χ2n) is 6.89. The quantitative estimate of drug-likeness (QED) is 0.814. The van der Waals surface area contributed by atoms with Gasteiger partial charge in [0.1, 0.15) is 12.4 Å². The summed E-state index contributed by atoms with van der Waals surface area (Å²) in [4.78, 5) is 16.9. The number of hydrogen-bond acceptors (Lipinski definition) is 4. The number of carbonyl (C=O) groups is 1. The zero-order valence-electron chi connectivity index (χ0n) is 14.7. The maximum absolute atomic E-state index is 12.6. The van der Waals surface area contributed by atoms with Crippen LogP contribution >= 0.6 is 0 Å². The molecule has 0 unspecified atom stereocenters. The molecule has 5 heteroatoms. The van der Waals surface area contributed by atoms with Crippen molar-refractivity contribution in [3.63, 3.8) is 0 Å². The molecule has 132 valence electrons. The molecule has 2 N–H and O–H groups in total. The van der Waals surface area contributed by atoms with Gasteiger partial charge < -0.3 is 20.3 Å². The van der Waals surface area contributed by atoms with E-state index in [-0.39, 0.29) is 0 Å². The van der Waals surface area contributed by atoms with E-state index in [4.69, 9.17) is 10.5 Å². The lowest BCUT2D eigenvalue weighted by atomic mass is 10.0. The van der Waals surface area contributed by atoms with Gasteiger partial charge in [-0.05, 0) is 37.8 Å². The van der Waals surface area contributed by atoms with E-state index in [0.717, 1.165) is 49.7 Å². The van der Waals surface area contributed by atoms with E-state index in [2.05, 4.69) is 11.8 Å². The highest BCUT2D eigenvalue weighted by Gasteiger charge is 2.23. The number of amides is 1. The van der Waals surface area contributed by atoms with E-state index in [0.29, 0.717) is 18.4 Å². The van der Waals surface area contributed by atoms with Gasteiger partial charge in [-0.15, -0.1) is 0 Å². The summed E-state index contributed by atoms with van der Waals surface area (Å²) in [6.45, 7) is 5.98. The molecule has 1 heterocycles. The molecule has 1 saturated carbocycles. The van der Waals surface area contributed by atoms with Crippen LogP contribution in [0, 0.1) is 5.92 Å². The molecule has 1 fully saturated rings. The Morgan fingerprint density at radius 3 is 2.92 bits per heavy atom. The zero-order valence-corrected chi connectivity index (χ0v) is 14.7. The van der Waals surface area contributed by atoms with Crippen molar-refractivity contribution in [3.8, 4) is 5.75 Å². The standard InChI is InChI=1S/C19H29N3O2/c1-2-21(19(23)13-15-5-3-4-6-15)9-10-22-11-12-24-18-14-16(20)7-8-17(18)22/h7-8,14-15H,2-6,9-13,20H2,1H3. The number of benzene rings is 1. The second kappa shape index (κ2) is 7.77. The predicted molar refractivity (Wildman–Crippen MR) is 97.4 cm³/mol. The number of ether oxygens (including phenoxy) is 1. The van der Waals surface area contributed by atoms with Crippen molar-refractivity contribution in [2.45, 2.75) is 39.0 Å². The zero-order chi connectivity index (χ0) is 16.9. The van der Waals surface area contributed by atoms with Crippen molar-refractivity contribution in [3.05, 3.63) is 18.2 Å². The van der Waals surface area contributed by atoms with Crippen LogP contribution in [0.25, 0.3) is 0 Å². The summed E-state index contributed by atoms with van der Waals surface area (Å²) >= 11 is 0. The average Bonchev–Trinajstić information content (AvgIpc) is 3.08. The maximum Gasteiger partial charge on any atom is 0.222 e. The highest BCUT2D eigenvalue weighted by molar-refractivity contribution is 5.76. The third-order valence-electron chi connectivity index (χ3n) is 5.26. The Morgan fingerprint density at radius 2 is 2.17 bits per heavy atom. The molecule has 2 aliphatic rings. The van der Waals surface area contributed by atoms with Crippen LogP contribution in [-0.2, 0) is 4.79 Å². The van der Waals surface area contributed by atoms with E-state index in [9.17, 15) is 4.79 Å². The van der Waals surface area contributed by atoms with Gasteiger partial charge in [0.25, 0.3) is 0 Å². The summed E-state index contributed by atoms with van der Waals surface area (Å²) in [7, 11) is 0. The fraction of sp³-hybridized carbons (Fsp3) is 0.632. The van der Waals surface area contributed by atoms with E-state index >= 15 is 0 Å². The predicted octanol–water partition coefficient (Wildman–Crippen LogP) is 2.90. The third-order valence-corrected chi connectivity index (χ3v) is 5.26. The van der Waals surface area contributed by atoms with Crippen LogP contribution in [0.2, 0.25) is 0 Å². The number of hydrogen-bond donors (Lipinski definition) is 1. The molecule has 3 rings (SSSR count). The van der Waals surface area contributed by atoms with Crippen LogP contribution in [0.5, 0.6) is 5.75 Å². The average molecular weight is 331 g/mol. The molecule has 1 amide bonds. The molecular formula is C19H29N3O2. The van der Waals surface area contributed by atoms with Gasteiger partial charge in [-0.25, -0.2) is 0 Å². The number of nitrogen functional groups attached to an aromatic ring is 1. The first-order valence-corrected chi connectivity index (χ1v) is 9.22. The molecule has 1 aliphatic heterocycles. The summed E-state index contributed by atoms with van der Waals surface area (Å²) in [6, 6.07) is 5.80. The maximum atomic E-state index is 12.6. The van der Waals surface area contributed by atoms with Crippen molar-refractivity contribution in [1.82, 2.24) is 4.90 Å². The number of anilines is 2. The molecule has 1 aromatic rings. The lowest BCUT2D eigenvalue weighted by Crippen LogP contribution is -2.41. The largest absolute Gasteiger partial charge is 0.489 e. The van der Waals surface area contributed by atoms with E-state index in [1.54, 1.807) is 0 Å². The lowest BCUT2D eigenvalue weighted by Gasteiger charge is -2.33.